The molecule has 0 spiro atoms. The first kappa shape index (κ1) is 15.0. The standard InChI is InChI=1S/C16H32O/c1-3-5-6-7-8-9-13-16-15(11-4-2)12-10-14-17-16/h15-16H,3-14H2,1-2H3/t15-,16+/m0/s1. The molecule has 1 heterocycles. The molecule has 0 aliphatic carbocycles. The molecule has 1 rings (SSSR count). The Hall–Kier alpha value is -0.0400. The molecule has 17 heavy (non-hydrogen) atoms. The van der Waals surface area contributed by atoms with Crippen LogP contribution in [0.2, 0.25) is 0 Å². The minimum atomic E-state index is 0.592. The second kappa shape index (κ2) is 9.94. The van der Waals surface area contributed by atoms with E-state index in [2.05, 4.69) is 13.8 Å². The molecule has 0 radical (unpaired) electrons. The first-order chi connectivity index (χ1) is 8.38. The van der Waals surface area contributed by atoms with Crippen molar-refractivity contribution < 1.29 is 4.74 Å². The van der Waals surface area contributed by atoms with Gasteiger partial charge in [-0.1, -0.05) is 58.8 Å². The largest absolute Gasteiger partial charge is 0.378 e. The van der Waals surface area contributed by atoms with Gasteiger partial charge in [0, 0.05) is 6.61 Å². The van der Waals surface area contributed by atoms with Crippen LogP contribution in [0.4, 0.5) is 0 Å². The first-order valence-electron chi connectivity index (χ1n) is 8.00. The normalized spacial score (nSPS) is 25.1. The zero-order valence-electron chi connectivity index (χ0n) is 12.0. The van der Waals surface area contributed by atoms with Gasteiger partial charge in [-0.2, -0.15) is 0 Å². The summed E-state index contributed by atoms with van der Waals surface area (Å²) in [5.74, 6) is 0.865. The Bertz CT molecular complexity index is 165. The van der Waals surface area contributed by atoms with Gasteiger partial charge in [0.05, 0.1) is 6.10 Å². The van der Waals surface area contributed by atoms with Gasteiger partial charge >= 0.3 is 0 Å². The Morgan fingerprint density at radius 2 is 1.65 bits per heavy atom. The predicted octanol–water partition coefficient (Wildman–Crippen LogP) is 5.33. The molecule has 0 saturated carbocycles. The molecule has 0 amide bonds. The van der Waals surface area contributed by atoms with Crippen molar-refractivity contribution in [3.05, 3.63) is 0 Å². The van der Waals surface area contributed by atoms with Gasteiger partial charge in [-0.25, -0.2) is 0 Å². The SMILES string of the molecule is CCCCCCCC[C@H]1OCCC[C@@H]1CCC. The van der Waals surface area contributed by atoms with Crippen molar-refractivity contribution >= 4 is 0 Å². The number of rotatable bonds is 9. The highest BCUT2D eigenvalue weighted by atomic mass is 16.5. The lowest BCUT2D eigenvalue weighted by atomic mass is 9.87. The van der Waals surface area contributed by atoms with Crippen molar-refractivity contribution in [2.45, 2.75) is 90.6 Å². The zero-order chi connectivity index (χ0) is 12.3. The molecule has 1 saturated heterocycles. The summed E-state index contributed by atoms with van der Waals surface area (Å²) in [6, 6.07) is 0. The summed E-state index contributed by atoms with van der Waals surface area (Å²) in [6.07, 6.45) is 15.7. The van der Waals surface area contributed by atoms with Crippen LogP contribution in [0.3, 0.4) is 0 Å². The van der Waals surface area contributed by atoms with E-state index in [0.29, 0.717) is 6.10 Å². The van der Waals surface area contributed by atoms with Crippen LogP contribution < -0.4 is 0 Å². The summed E-state index contributed by atoms with van der Waals surface area (Å²) in [6.45, 7) is 5.60. The fourth-order valence-corrected chi connectivity index (χ4v) is 3.05. The summed E-state index contributed by atoms with van der Waals surface area (Å²) in [5.41, 5.74) is 0. The summed E-state index contributed by atoms with van der Waals surface area (Å²) in [4.78, 5) is 0. The third-order valence-corrected chi connectivity index (χ3v) is 4.08. The minimum Gasteiger partial charge on any atom is -0.378 e. The number of hydrogen-bond acceptors (Lipinski definition) is 1. The fraction of sp³-hybridized carbons (Fsp3) is 1.00. The van der Waals surface area contributed by atoms with E-state index in [-0.39, 0.29) is 0 Å². The van der Waals surface area contributed by atoms with Gasteiger partial charge in [0.1, 0.15) is 0 Å². The topological polar surface area (TPSA) is 9.23 Å². The Kier molecular flexibility index (Phi) is 8.78. The van der Waals surface area contributed by atoms with Crippen molar-refractivity contribution in [3.8, 4) is 0 Å². The second-order valence-corrected chi connectivity index (χ2v) is 5.66. The number of unbranched alkanes of at least 4 members (excludes halogenated alkanes) is 5. The van der Waals surface area contributed by atoms with Crippen molar-refractivity contribution in [2.24, 2.45) is 5.92 Å². The fourth-order valence-electron chi connectivity index (χ4n) is 3.05. The van der Waals surface area contributed by atoms with E-state index in [1.807, 2.05) is 0 Å². The molecule has 1 aliphatic rings. The maximum Gasteiger partial charge on any atom is 0.0603 e. The quantitative estimate of drug-likeness (QED) is 0.495. The molecule has 0 N–H and O–H groups in total. The molecule has 1 heteroatoms. The Morgan fingerprint density at radius 1 is 0.882 bits per heavy atom. The van der Waals surface area contributed by atoms with Crippen LogP contribution in [-0.4, -0.2) is 12.7 Å². The van der Waals surface area contributed by atoms with Gasteiger partial charge in [-0.3, -0.25) is 0 Å². The van der Waals surface area contributed by atoms with E-state index < -0.39 is 0 Å². The zero-order valence-corrected chi connectivity index (χ0v) is 12.0. The van der Waals surface area contributed by atoms with Gasteiger partial charge in [0.2, 0.25) is 0 Å². The number of hydrogen-bond donors (Lipinski definition) is 0. The number of ether oxygens (including phenoxy) is 1. The van der Waals surface area contributed by atoms with Crippen molar-refractivity contribution in [1.82, 2.24) is 0 Å². The molecule has 102 valence electrons. The molecule has 0 bridgehead atoms. The van der Waals surface area contributed by atoms with E-state index in [0.717, 1.165) is 12.5 Å². The molecule has 1 nitrogen and oxygen atoms in total. The van der Waals surface area contributed by atoms with Crippen LogP contribution >= 0.6 is 0 Å². The maximum absolute atomic E-state index is 5.97. The lowest BCUT2D eigenvalue weighted by Crippen LogP contribution is -2.29. The van der Waals surface area contributed by atoms with E-state index >= 15 is 0 Å². The van der Waals surface area contributed by atoms with Crippen LogP contribution in [0, 0.1) is 5.92 Å². The molecule has 2 atom stereocenters. The molecular formula is C16H32O. The molecule has 0 aromatic rings. The second-order valence-electron chi connectivity index (χ2n) is 5.66. The highest BCUT2D eigenvalue weighted by molar-refractivity contribution is 4.74. The molecule has 0 aromatic carbocycles. The third-order valence-electron chi connectivity index (χ3n) is 4.08. The smallest absolute Gasteiger partial charge is 0.0603 e. The molecule has 0 unspecified atom stereocenters. The first-order valence-corrected chi connectivity index (χ1v) is 8.00. The average Bonchev–Trinajstić information content (AvgIpc) is 2.36. The lowest BCUT2D eigenvalue weighted by Gasteiger charge is -2.31. The Labute approximate surface area is 108 Å². The molecule has 1 fully saturated rings. The van der Waals surface area contributed by atoms with Gasteiger partial charge in [0.15, 0.2) is 0 Å². The van der Waals surface area contributed by atoms with Crippen LogP contribution in [-0.2, 0) is 4.74 Å². The maximum atomic E-state index is 5.97. The average molecular weight is 240 g/mol. The Morgan fingerprint density at radius 3 is 2.41 bits per heavy atom. The lowest BCUT2D eigenvalue weighted by molar-refractivity contribution is -0.0347. The van der Waals surface area contributed by atoms with E-state index in [1.54, 1.807) is 0 Å². The minimum absolute atomic E-state index is 0.592. The molecular weight excluding hydrogens is 208 g/mol. The summed E-state index contributed by atoms with van der Waals surface area (Å²) >= 11 is 0. The van der Waals surface area contributed by atoms with Gasteiger partial charge in [0.25, 0.3) is 0 Å². The van der Waals surface area contributed by atoms with E-state index in [1.165, 1.54) is 70.6 Å². The van der Waals surface area contributed by atoms with Crippen LogP contribution in [0.5, 0.6) is 0 Å². The highest BCUT2D eigenvalue weighted by Gasteiger charge is 2.24. The van der Waals surface area contributed by atoms with Crippen LogP contribution in [0.25, 0.3) is 0 Å². The Balaban J connectivity index is 2.06. The monoisotopic (exact) mass is 240 g/mol. The van der Waals surface area contributed by atoms with Gasteiger partial charge in [-0.05, 0) is 31.6 Å². The van der Waals surface area contributed by atoms with Gasteiger partial charge < -0.3 is 4.74 Å². The predicted molar refractivity (Wildman–Crippen MR) is 75.4 cm³/mol. The van der Waals surface area contributed by atoms with E-state index in [9.17, 15) is 0 Å². The van der Waals surface area contributed by atoms with Crippen molar-refractivity contribution in [1.29, 1.82) is 0 Å². The summed E-state index contributed by atoms with van der Waals surface area (Å²) in [7, 11) is 0. The van der Waals surface area contributed by atoms with Crippen LogP contribution in [0.1, 0.15) is 84.5 Å². The molecule has 0 aromatic heterocycles. The third kappa shape index (κ3) is 6.45. The molecule has 1 aliphatic heterocycles. The van der Waals surface area contributed by atoms with Gasteiger partial charge in [-0.15, -0.1) is 0 Å². The highest BCUT2D eigenvalue weighted by Crippen LogP contribution is 2.28. The summed E-state index contributed by atoms with van der Waals surface area (Å²) in [5, 5.41) is 0. The van der Waals surface area contributed by atoms with Crippen LogP contribution in [0.15, 0.2) is 0 Å². The van der Waals surface area contributed by atoms with Crippen molar-refractivity contribution in [2.75, 3.05) is 6.61 Å². The summed E-state index contributed by atoms with van der Waals surface area (Å²) < 4.78 is 5.97. The van der Waals surface area contributed by atoms with Crippen molar-refractivity contribution in [3.63, 3.8) is 0 Å². The van der Waals surface area contributed by atoms with E-state index in [4.69, 9.17) is 4.74 Å².